The van der Waals surface area contributed by atoms with Gasteiger partial charge in [-0.3, -0.25) is 4.57 Å². The van der Waals surface area contributed by atoms with Gasteiger partial charge < -0.3 is 33.3 Å². The van der Waals surface area contributed by atoms with Crippen LogP contribution in [0.2, 0.25) is 0 Å². The Kier molecular flexibility index (Phi) is 12.4. The zero-order valence-corrected chi connectivity index (χ0v) is 26.3. The van der Waals surface area contributed by atoms with Crippen molar-refractivity contribution in [1.29, 1.82) is 0 Å². The molecule has 0 saturated carbocycles. The van der Waals surface area contributed by atoms with E-state index in [1.54, 1.807) is 0 Å². The summed E-state index contributed by atoms with van der Waals surface area (Å²) in [6, 6.07) is 39.0. The first kappa shape index (κ1) is 33.0. The summed E-state index contributed by atoms with van der Waals surface area (Å²) in [6.45, 7) is 0.889. The van der Waals surface area contributed by atoms with Gasteiger partial charge in [0.25, 0.3) is 0 Å². The fourth-order valence-corrected chi connectivity index (χ4v) is 6.49. The van der Waals surface area contributed by atoms with Crippen LogP contribution in [0.1, 0.15) is 23.1 Å². The lowest BCUT2D eigenvalue weighted by Gasteiger charge is -2.46. The summed E-state index contributed by atoms with van der Waals surface area (Å²) >= 11 is 0. The molecule has 9 heteroatoms. The van der Waals surface area contributed by atoms with E-state index < -0.39 is 38.1 Å². The van der Waals surface area contributed by atoms with E-state index in [1.165, 1.54) is 7.11 Å². The Morgan fingerprint density at radius 3 is 1.58 bits per heavy atom. The zero-order valence-electron chi connectivity index (χ0n) is 25.4. The largest absolute Gasteiger partial charge is 0.462 e. The molecule has 1 aliphatic rings. The van der Waals surface area contributed by atoms with Gasteiger partial charge in [0.1, 0.15) is 30.4 Å². The van der Waals surface area contributed by atoms with Gasteiger partial charge in [-0.1, -0.05) is 109 Å². The third-order valence-corrected chi connectivity index (χ3v) is 9.15. The molecule has 0 amide bonds. The maximum atomic E-state index is 12.9. The van der Waals surface area contributed by atoms with Gasteiger partial charge in [0, 0.05) is 13.3 Å². The van der Waals surface area contributed by atoms with E-state index in [0.29, 0.717) is 25.6 Å². The summed E-state index contributed by atoms with van der Waals surface area (Å²) in [6.07, 6.45) is -3.56. The average molecular weight is 633 g/mol. The van der Waals surface area contributed by atoms with Gasteiger partial charge in [0.05, 0.1) is 25.9 Å². The van der Waals surface area contributed by atoms with E-state index in [0.717, 1.165) is 16.7 Å². The van der Waals surface area contributed by atoms with Gasteiger partial charge in [-0.15, -0.1) is 0 Å². The molecular formula is C36H41O8P. The molecule has 5 rings (SSSR count). The quantitative estimate of drug-likeness (QED) is 0.135. The lowest BCUT2D eigenvalue weighted by Crippen LogP contribution is -2.61. The topological polar surface area (TPSA) is 92.7 Å². The first-order valence-electron chi connectivity index (χ1n) is 15.1. The second-order valence-corrected chi connectivity index (χ2v) is 13.4. The highest BCUT2D eigenvalue weighted by Gasteiger charge is 2.50. The molecule has 1 aliphatic heterocycles. The Bertz CT molecular complexity index is 1440. The molecule has 238 valence electrons. The third kappa shape index (κ3) is 10.1. The van der Waals surface area contributed by atoms with Crippen LogP contribution in [0.5, 0.6) is 5.75 Å². The van der Waals surface area contributed by atoms with E-state index in [1.807, 2.05) is 121 Å². The van der Waals surface area contributed by atoms with Crippen LogP contribution in [0.25, 0.3) is 0 Å². The molecule has 8 nitrogen and oxygen atoms in total. The van der Waals surface area contributed by atoms with Crippen LogP contribution in [0, 0.1) is 0 Å². The summed E-state index contributed by atoms with van der Waals surface area (Å²) < 4.78 is 50.8. The van der Waals surface area contributed by atoms with Gasteiger partial charge in [-0.25, -0.2) is 0 Å². The smallest absolute Gasteiger partial charge is 0.229 e. The molecule has 0 spiro atoms. The van der Waals surface area contributed by atoms with Crippen molar-refractivity contribution in [2.24, 2.45) is 0 Å². The van der Waals surface area contributed by atoms with Gasteiger partial charge in [0.2, 0.25) is 13.7 Å². The minimum atomic E-state index is -3.57. The lowest BCUT2D eigenvalue weighted by atomic mass is 9.96. The van der Waals surface area contributed by atoms with Crippen molar-refractivity contribution < 1.29 is 37.9 Å². The predicted octanol–water partition coefficient (Wildman–Crippen LogP) is 6.81. The maximum absolute atomic E-state index is 12.9. The highest BCUT2D eigenvalue weighted by atomic mass is 31.2. The van der Waals surface area contributed by atoms with Crippen molar-refractivity contribution in [3.63, 3.8) is 0 Å². The van der Waals surface area contributed by atoms with Gasteiger partial charge in [0.15, 0.2) is 0 Å². The van der Waals surface area contributed by atoms with Gasteiger partial charge in [-0.05, 0) is 35.2 Å². The summed E-state index contributed by atoms with van der Waals surface area (Å²) in [7, 11) is -2.16. The first-order chi connectivity index (χ1) is 22.0. The summed E-state index contributed by atoms with van der Waals surface area (Å²) in [5, 5.41) is 0. The Morgan fingerprint density at radius 1 is 0.644 bits per heavy atom. The number of hydrogen-bond acceptors (Lipinski definition) is 7. The van der Waals surface area contributed by atoms with Crippen LogP contribution < -0.4 is 4.74 Å². The average Bonchev–Trinajstić information content (AvgIpc) is 3.07. The maximum Gasteiger partial charge on any atom is 0.229 e. The molecule has 1 saturated heterocycles. The first-order valence-corrected chi connectivity index (χ1v) is 17.2. The molecule has 0 bridgehead atoms. The van der Waals surface area contributed by atoms with Crippen molar-refractivity contribution in [3.05, 3.63) is 138 Å². The highest BCUT2D eigenvalue weighted by molar-refractivity contribution is 7.57. The van der Waals surface area contributed by atoms with Crippen LogP contribution >= 0.6 is 7.37 Å². The molecule has 1 fully saturated rings. The summed E-state index contributed by atoms with van der Waals surface area (Å²) in [4.78, 5) is 10.6. The molecular weight excluding hydrogens is 591 g/mol. The molecule has 0 radical (unpaired) electrons. The van der Waals surface area contributed by atoms with Gasteiger partial charge >= 0.3 is 0 Å². The van der Waals surface area contributed by atoms with E-state index in [2.05, 4.69) is 0 Å². The summed E-state index contributed by atoms with van der Waals surface area (Å²) in [5.41, 5.74) is 2.96. The van der Waals surface area contributed by atoms with Crippen molar-refractivity contribution in [1.82, 2.24) is 0 Å². The number of ether oxygens (including phenoxy) is 6. The van der Waals surface area contributed by atoms with Gasteiger partial charge in [-0.2, -0.15) is 0 Å². The monoisotopic (exact) mass is 632 g/mol. The Balaban J connectivity index is 1.49. The zero-order chi connectivity index (χ0) is 31.3. The number of para-hydroxylation sites is 1. The Labute approximate surface area is 265 Å². The van der Waals surface area contributed by atoms with Crippen molar-refractivity contribution in [2.75, 3.05) is 19.6 Å². The minimum absolute atomic E-state index is 0.0181. The number of rotatable bonds is 16. The Hall–Kier alpha value is -3.33. The predicted molar refractivity (Wildman–Crippen MR) is 172 cm³/mol. The normalized spacial score (nSPS) is 22.8. The van der Waals surface area contributed by atoms with Crippen molar-refractivity contribution in [3.8, 4) is 5.75 Å². The summed E-state index contributed by atoms with van der Waals surface area (Å²) in [5.74, 6) is 0.604. The second-order valence-electron chi connectivity index (χ2n) is 11.0. The van der Waals surface area contributed by atoms with Crippen LogP contribution in [0.15, 0.2) is 121 Å². The molecule has 45 heavy (non-hydrogen) atoms. The second kappa shape index (κ2) is 16.8. The van der Waals surface area contributed by atoms with Crippen LogP contribution in [-0.4, -0.2) is 55.2 Å². The molecule has 4 aromatic rings. The fraction of sp³-hybridized carbons (Fsp3) is 0.333. The van der Waals surface area contributed by atoms with Crippen LogP contribution in [0.4, 0.5) is 0 Å². The Morgan fingerprint density at radius 2 is 1.09 bits per heavy atom. The molecule has 1 heterocycles. The van der Waals surface area contributed by atoms with Crippen molar-refractivity contribution in [2.45, 2.75) is 56.9 Å². The highest BCUT2D eigenvalue weighted by Crippen LogP contribution is 2.43. The third-order valence-electron chi connectivity index (χ3n) is 7.54. The minimum Gasteiger partial charge on any atom is -0.462 e. The lowest BCUT2D eigenvalue weighted by molar-refractivity contribution is -0.304. The molecule has 0 aliphatic carbocycles. The molecule has 0 aromatic heterocycles. The van der Waals surface area contributed by atoms with Crippen LogP contribution in [-0.2, 0) is 48.1 Å². The van der Waals surface area contributed by atoms with E-state index in [9.17, 15) is 9.46 Å². The van der Waals surface area contributed by atoms with E-state index in [4.69, 9.17) is 28.4 Å². The molecule has 1 N–H and O–H groups in total. The SMILES string of the molecule is COCP(=O)(O)CC[C@H]1O[C@H](Oc2ccccc2)[C@@H](OCc2ccccc2)[C@@H](OCc2ccccc2)[C@@H]1OCc1ccccc1. The number of benzene rings is 4. The standard InChI is InChI=1S/C36H41O8P/c1-39-27-45(37,38)23-22-32-33(40-24-28-14-6-2-7-15-28)34(41-25-29-16-8-3-9-17-29)35(42-26-30-18-10-4-11-19-30)36(44-32)43-31-20-12-5-13-21-31/h2-21,32-36H,22-27H2,1H3,(H,37,38)/t32-,33-,34+,35+,36+/m1/s1. The van der Waals surface area contributed by atoms with Crippen molar-refractivity contribution >= 4 is 7.37 Å². The molecule has 1 unspecified atom stereocenters. The molecule has 4 aromatic carbocycles. The fourth-order valence-electron chi connectivity index (χ4n) is 5.30. The van der Waals surface area contributed by atoms with Crippen LogP contribution in [0.3, 0.4) is 0 Å². The van der Waals surface area contributed by atoms with E-state index >= 15 is 0 Å². The molecule has 6 atom stereocenters. The van der Waals surface area contributed by atoms with E-state index in [-0.39, 0.29) is 18.9 Å². The number of methoxy groups -OCH3 is 1. The number of hydrogen-bond donors (Lipinski definition) is 1.